The van der Waals surface area contributed by atoms with E-state index in [4.69, 9.17) is 11.2 Å². The molecule has 1 aliphatic rings. The van der Waals surface area contributed by atoms with Crippen LogP contribution in [0.25, 0.3) is 0 Å². The molecule has 0 N–H and O–H groups in total. The molecule has 1 fully saturated rings. The fourth-order valence-electron chi connectivity index (χ4n) is 2.94. The van der Waals surface area contributed by atoms with Crippen molar-refractivity contribution in [3.05, 3.63) is 35.4 Å². The molecular formula is C21H30N2O2. The Bertz CT molecular complexity index is 602. The number of nitrogens with zero attached hydrogens (tertiary/aromatic N) is 2. The summed E-state index contributed by atoms with van der Waals surface area (Å²) in [7, 11) is 1.76. The molecule has 0 saturated carbocycles. The van der Waals surface area contributed by atoms with Crippen LogP contribution in [0.5, 0.6) is 0 Å². The molecule has 4 heteroatoms. The minimum Gasteiger partial charge on any atom is -0.444 e. The van der Waals surface area contributed by atoms with Gasteiger partial charge in [0.1, 0.15) is 5.60 Å². The van der Waals surface area contributed by atoms with Crippen molar-refractivity contribution in [3.8, 4) is 12.3 Å². The highest BCUT2D eigenvalue weighted by Crippen LogP contribution is 2.19. The molecule has 1 heterocycles. The van der Waals surface area contributed by atoms with Crippen LogP contribution in [-0.4, -0.2) is 41.6 Å². The van der Waals surface area contributed by atoms with E-state index in [9.17, 15) is 4.79 Å². The summed E-state index contributed by atoms with van der Waals surface area (Å²) in [6, 6.07) is 8.46. The van der Waals surface area contributed by atoms with Gasteiger partial charge in [-0.3, -0.25) is 4.90 Å². The van der Waals surface area contributed by atoms with E-state index in [2.05, 4.69) is 35.1 Å². The highest BCUT2D eigenvalue weighted by Gasteiger charge is 2.20. The van der Waals surface area contributed by atoms with E-state index in [1.165, 1.54) is 5.56 Å². The average Bonchev–Trinajstić information content (AvgIpc) is 2.56. The topological polar surface area (TPSA) is 32.8 Å². The van der Waals surface area contributed by atoms with Crippen LogP contribution in [-0.2, 0) is 17.8 Å². The Morgan fingerprint density at radius 1 is 1.24 bits per heavy atom. The van der Waals surface area contributed by atoms with Crippen molar-refractivity contribution >= 4 is 6.09 Å². The Labute approximate surface area is 152 Å². The molecule has 25 heavy (non-hydrogen) atoms. The average molecular weight is 342 g/mol. The van der Waals surface area contributed by atoms with E-state index >= 15 is 0 Å². The Balaban J connectivity index is 1.83. The lowest BCUT2D eigenvalue weighted by molar-refractivity contribution is 0.0285. The van der Waals surface area contributed by atoms with Gasteiger partial charge in [-0.1, -0.05) is 24.3 Å². The molecule has 1 saturated heterocycles. The van der Waals surface area contributed by atoms with Gasteiger partial charge in [-0.25, -0.2) is 4.79 Å². The lowest BCUT2D eigenvalue weighted by Gasteiger charge is -2.29. The summed E-state index contributed by atoms with van der Waals surface area (Å²) in [5.41, 5.74) is 1.92. The van der Waals surface area contributed by atoms with Crippen LogP contribution in [0.2, 0.25) is 0 Å². The van der Waals surface area contributed by atoms with E-state index in [1.54, 1.807) is 11.9 Å². The normalized spacial score (nSPS) is 16.3. The van der Waals surface area contributed by atoms with E-state index < -0.39 is 5.60 Å². The monoisotopic (exact) mass is 342 g/mol. The molecule has 4 nitrogen and oxygen atoms in total. The molecule has 0 aliphatic carbocycles. The Kier molecular flexibility index (Phi) is 6.50. The second kappa shape index (κ2) is 8.40. The molecule has 0 bridgehead atoms. The van der Waals surface area contributed by atoms with E-state index in [-0.39, 0.29) is 6.09 Å². The van der Waals surface area contributed by atoms with Crippen LogP contribution < -0.4 is 0 Å². The minimum atomic E-state index is -0.470. The number of benzene rings is 1. The number of piperidine rings is 1. The third kappa shape index (κ3) is 6.43. The van der Waals surface area contributed by atoms with E-state index in [1.807, 2.05) is 20.8 Å². The summed E-state index contributed by atoms with van der Waals surface area (Å²) in [5.74, 6) is 3.31. The number of ether oxygens (including phenoxy) is 1. The molecule has 0 atom stereocenters. The molecule has 2 rings (SSSR count). The maximum atomic E-state index is 12.0. The van der Waals surface area contributed by atoms with Crippen LogP contribution in [0.3, 0.4) is 0 Å². The van der Waals surface area contributed by atoms with Crippen LogP contribution in [0.1, 0.15) is 44.7 Å². The maximum Gasteiger partial charge on any atom is 0.410 e. The number of carbonyl (C=O) groups excluding carboxylic acids is 1. The third-order valence-corrected chi connectivity index (χ3v) is 4.38. The molecule has 136 valence electrons. The number of amides is 1. The Morgan fingerprint density at radius 3 is 2.32 bits per heavy atom. The number of hydrogen-bond acceptors (Lipinski definition) is 3. The highest BCUT2D eigenvalue weighted by atomic mass is 16.6. The molecule has 1 aromatic rings. The van der Waals surface area contributed by atoms with Crippen molar-refractivity contribution in [1.29, 1.82) is 0 Å². The van der Waals surface area contributed by atoms with Gasteiger partial charge in [0.2, 0.25) is 0 Å². The largest absolute Gasteiger partial charge is 0.444 e. The molecule has 0 unspecified atom stereocenters. The van der Waals surface area contributed by atoms with Crippen molar-refractivity contribution in [2.45, 2.75) is 52.3 Å². The fourth-order valence-corrected chi connectivity index (χ4v) is 2.94. The summed E-state index contributed by atoms with van der Waals surface area (Å²) in [4.78, 5) is 16.1. The summed E-state index contributed by atoms with van der Waals surface area (Å²) in [6.07, 6.45) is 7.39. The fraction of sp³-hybridized carbons (Fsp3) is 0.571. The Hall–Kier alpha value is -1.99. The standard InChI is InChI=1S/C21H30N2O2/c1-6-17-11-13-23(14-12-17)16-19-9-7-18(8-10-19)15-22(5)20(24)25-21(2,3)4/h1,7-10,17H,11-16H2,2-5H3. The second-order valence-corrected chi connectivity index (χ2v) is 7.87. The van der Waals surface area contributed by atoms with Gasteiger partial charge in [0.15, 0.2) is 0 Å². The first kappa shape index (κ1) is 19.3. The van der Waals surface area contributed by atoms with E-state index in [0.29, 0.717) is 12.5 Å². The van der Waals surface area contributed by atoms with Gasteiger partial charge in [-0.05, 0) is 57.8 Å². The van der Waals surface area contributed by atoms with Crippen LogP contribution in [0.15, 0.2) is 24.3 Å². The van der Waals surface area contributed by atoms with Gasteiger partial charge in [0.05, 0.1) is 0 Å². The molecular weight excluding hydrogens is 312 g/mol. The van der Waals surface area contributed by atoms with Crippen LogP contribution in [0, 0.1) is 18.3 Å². The van der Waals surface area contributed by atoms with Gasteiger partial charge in [-0.15, -0.1) is 12.3 Å². The zero-order valence-corrected chi connectivity index (χ0v) is 15.9. The summed E-state index contributed by atoms with van der Waals surface area (Å²) in [6.45, 7) is 9.26. The minimum absolute atomic E-state index is 0.298. The maximum absolute atomic E-state index is 12.0. The smallest absolute Gasteiger partial charge is 0.410 e. The van der Waals surface area contributed by atoms with Gasteiger partial charge < -0.3 is 9.64 Å². The number of terminal acetylenes is 1. The number of hydrogen-bond donors (Lipinski definition) is 0. The molecule has 0 radical (unpaired) electrons. The van der Waals surface area contributed by atoms with Crippen molar-refractivity contribution in [1.82, 2.24) is 9.80 Å². The zero-order valence-electron chi connectivity index (χ0n) is 15.9. The predicted octanol–water partition coefficient (Wildman–Crippen LogP) is 3.90. The lowest BCUT2D eigenvalue weighted by atomic mass is 9.97. The van der Waals surface area contributed by atoms with Crippen molar-refractivity contribution in [3.63, 3.8) is 0 Å². The highest BCUT2D eigenvalue weighted by molar-refractivity contribution is 5.67. The van der Waals surface area contributed by atoms with E-state index in [0.717, 1.165) is 38.0 Å². The van der Waals surface area contributed by atoms with Gasteiger partial charge in [-0.2, -0.15) is 0 Å². The van der Waals surface area contributed by atoms with Gasteiger partial charge in [0.25, 0.3) is 0 Å². The molecule has 1 aliphatic heterocycles. The zero-order chi connectivity index (χ0) is 18.4. The quantitative estimate of drug-likeness (QED) is 0.778. The van der Waals surface area contributed by atoms with Gasteiger partial charge >= 0.3 is 6.09 Å². The summed E-state index contributed by atoms with van der Waals surface area (Å²) < 4.78 is 5.38. The molecule has 1 amide bonds. The number of likely N-dealkylation sites (tertiary alicyclic amines) is 1. The Morgan fingerprint density at radius 2 is 1.80 bits per heavy atom. The summed E-state index contributed by atoms with van der Waals surface area (Å²) >= 11 is 0. The number of rotatable bonds is 4. The van der Waals surface area contributed by atoms with Crippen LogP contribution in [0.4, 0.5) is 4.79 Å². The third-order valence-electron chi connectivity index (χ3n) is 4.38. The first-order valence-electron chi connectivity index (χ1n) is 8.97. The molecule has 0 spiro atoms. The SMILES string of the molecule is C#CC1CCN(Cc2ccc(CN(C)C(=O)OC(C)(C)C)cc2)CC1. The molecule has 0 aromatic heterocycles. The molecule has 1 aromatic carbocycles. The van der Waals surface area contributed by atoms with Crippen LogP contribution >= 0.6 is 0 Å². The predicted molar refractivity (Wildman–Crippen MR) is 101 cm³/mol. The lowest BCUT2D eigenvalue weighted by Crippen LogP contribution is -2.33. The van der Waals surface area contributed by atoms with Crippen molar-refractivity contribution < 1.29 is 9.53 Å². The van der Waals surface area contributed by atoms with Crippen molar-refractivity contribution in [2.24, 2.45) is 5.92 Å². The first-order valence-corrected chi connectivity index (χ1v) is 8.97. The van der Waals surface area contributed by atoms with Gasteiger partial charge in [0, 0.05) is 26.1 Å². The van der Waals surface area contributed by atoms with Crippen molar-refractivity contribution in [2.75, 3.05) is 20.1 Å². The second-order valence-electron chi connectivity index (χ2n) is 7.87. The first-order chi connectivity index (χ1) is 11.8. The summed E-state index contributed by atoms with van der Waals surface area (Å²) in [5, 5.41) is 0. The number of carbonyl (C=O) groups is 1.